The predicted molar refractivity (Wildman–Crippen MR) is 112 cm³/mol. The van der Waals surface area contributed by atoms with Crippen LogP contribution >= 0.6 is 0 Å². The second kappa shape index (κ2) is 8.72. The minimum absolute atomic E-state index is 0.142. The molecule has 0 atom stereocenters. The van der Waals surface area contributed by atoms with E-state index in [2.05, 4.69) is 10.2 Å². The summed E-state index contributed by atoms with van der Waals surface area (Å²) in [5, 5.41) is 2.97. The third-order valence-electron chi connectivity index (χ3n) is 4.93. The number of hydrogen-bond donors (Lipinski definition) is 1. The highest BCUT2D eigenvalue weighted by Crippen LogP contribution is 2.29. The van der Waals surface area contributed by atoms with E-state index in [1.54, 1.807) is 0 Å². The number of anilines is 1. The Bertz CT molecular complexity index is 917. The molecule has 4 rings (SSSR count). The molecule has 1 fully saturated rings. The van der Waals surface area contributed by atoms with E-state index in [0.717, 1.165) is 12.3 Å². The summed E-state index contributed by atoms with van der Waals surface area (Å²) in [6.07, 6.45) is 2.57. The van der Waals surface area contributed by atoms with Gasteiger partial charge in [0.25, 0.3) is 5.91 Å². The van der Waals surface area contributed by atoms with E-state index in [4.69, 9.17) is 4.74 Å². The Kier molecular flexibility index (Phi) is 5.69. The maximum atomic E-state index is 12.7. The second-order valence-electron chi connectivity index (χ2n) is 7.05. The molecule has 0 bridgehead atoms. The van der Waals surface area contributed by atoms with Gasteiger partial charge >= 0.3 is 0 Å². The number of hydrogen-bond acceptors (Lipinski definition) is 3. The molecule has 1 aliphatic rings. The van der Waals surface area contributed by atoms with Crippen molar-refractivity contribution in [2.45, 2.75) is 19.4 Å². The SMILES string of the molecule is O=C(Nc1ccccc1Oc1ccccc1)c1ccc(CN2CCCC2)cc1. The molecule has 1 amide bonds. The zero-order chi connectivity index (χ0) is 19.2. The molecule has 28 heavy (non-hydrogen) atoms. The lowest BCUT2D eigenvalue weighted by Crippen LogP contribution is -2.18. The van der Waals surface area contributed by atoms with E-state index in [0.29, 0.717) is 17.0 Å². The number of amides is 1. The van der Waals surface area contributed by atoms with E-state index >= 15 is 0 Å². The Labute approximate surface area is 165 Å². The number of likely N-dealkylation sites (tertiary alicyclic amines) is 1. The first-order valence-corrected chi connectivity index (χ1v) is 9.72. The Balaban J connectivity index is 1.43. The zero-order valence-corrected chi connectivity index (χ0v) is 15.8. The average Bonchev–Trinajstić information content (AvgIpc) is 3.24. The van der Waals surface area contributed by atoms with Gasteiger partial charge in [0, 0.05) is 12.1 Å². The van der Waals surface area contributed by atoms with Crippen molar-refractivity contribution in [2.75, 3.05) is 18.4 Å². The molecule has 1 aliphatic heterocycles. The highest BCUT2D eigenvalue weighted by atomic mass is 16.5. The van der Waals surface area contributed by atoms with Crippen LogP contribution in [0.5, 0.6) is 11.5 Å². The van der Waals surface area contributed by atoms with Gasteiger partial charge in [-0.05, 0) is 67.9 Å². The molecule has 3 aromatic carbocycles. The molecule has 0 aliphatic carbocycles. The second-order valence-corrected chi connectivity index (χ2v) is 7.05. The number of benzene rings is 3. The molecular weight excluding hydrogens is 348 g/mol. The van der Waals surface area contributed by atoms with E-state index in [1.807, 2.05) is 78.9 Å². The van der Waals surface area contributed by atoms with Crippen LogP contribution in [0.4, 0.5) is 5.69 Å². The molecule has 1 N–H and O–H groups in total. The lowest BCUT2D eigenvalue weighted by atomic mass is 10.1. The summed E-state index contributed by atoms with van der Waals surface area (Å²) in [7, 11) is 0. The van der Waals surface area contributed by atoms with E-state index in [-0.39, 0.29) is 5.91 Å². The maximum Gasteiger partial charge on any atom is 0.255 e. The van der Waals surface area contributed by atoms with Gasteiger partial charge in [-0.1, -0.05) is 42.5 Å². The fourth-order valence-electron chi connectivity index (χ4n) is 3.43. The topological polar surface area (TPSA) is 41.6 Å². The molecule has 0 spiro atoms. The average molecular weight is 372 g/mol. The fourth-order valence-corrected chi connectivity index (χ4v) is 3.43. The van der Waals surface area contributed by atoms with Crippen molar-refractivity contribution < 1.29 is 9.53 Å². The lowest BCUT2D eigenvalue weighted by Gasteiger charge is -2.15. The third-order valence-corrected chi connectivity index (χ3v) is 4.93. The number of para-hydroxylation sites is 3. The van der Waals surface area contributed by atoms with Gasteiger partial charge in [-0.25, -0.2) is 0 Å². The molecule has 4 nitrogen and oxygen atoms in total. The molecule has 142 valence electrons. The Morgan fingerprint density at radius 1 is 0.857 bits per heavy atom. The number of ether oxygens (including phenoxy) is 1. The van der Waals surface area contributed by atoms with Crippen molar-refractivity contribution in [2.24, 2.45) is 0 Å². The van der Waals surface area contributed by atoms with Crippen LogP contribution in [0.15, 0.2) is 78.9 Å². The van der Waals surface area contributed by atoms with Crippen LogP contribution in [-0.4, -0.2) is 23.9 Å². The number of carbonyl (C=O) groups excluding carboxylic acids is 1. The van der Waals surface area contributed by atoms with Gasteiger partial charge in [-0.15, -0.1) is 0 Å². The van der Waals surface area contributed by atoms with Crippen LogP contribution in [0.3, 0.4) is 0 Å². The highest BCUT2D eigenvalue weighted by molar-refractivity contribution is 6.05. The smallest absolute Gasteiger partial charge is 0.255 e. The molecule has 0 unspecified atom stereocenters. The monoisotopic (exact) mass is 372 g/mol. The van der Waals surface area contributed by atoms with E-state index in [9.17, 15) is 4.79 Å². The highest BCUT2D eigenvalue weighted by Gasteiger charge is 2.13. The lowest BCUT2D eigenvalue weighted by molar-refractivity contribution is 0.102. The maximum absolute atomic E-state index is 12.7. The summed E-state index contributed by atoms with van der Waals surface area (Å²) >= 11 is 0. The molecule has 0 radical (unpaired) electrons. The third kappa shape index (κ3) is 4.59. The van der Waals surface area contributed by atoms with Crippen LogP contribution in [0.25, 0.3) is 0 Å². The summed E-state index contributed by atoms with van der Waals surface area (Å²) in [6, 6.07) is 24.9. The molecule has 1 heterocycles. The van der Waals surface area contributed by atoms with E-state index in [1.165, 1.54) is 31.5 Å². The van der Waals surface area contributed by atoms with Crippen molar-refractivity contribution >= 4 is 11.6 Å². The number of nitrogens with zero attached hydrogens (tertiary/aromatic N) is 1. The minimum Gasteiger partial charge on any atom is -0.455 e. The molecule has 0 aromatic heterocycles. The summed E-state index contributed by atoms with van der Waals surface area (Å²) in [4.78, 5) is 15.1. The molecule has 1 saturated heterocycles. The van der Waals surface area contributed by atoms with Crippen LogP contribution in [0.1, 0.15) is 28.8 Å². The minimum atomic E-state index is -0.142. The van der Waals surface area contributed by atoms with Gasteiger partial charge < -0.3 is 10.1 Å². The Morgan fingerprint density at radius 2 is 1.54 bits per heavy atom. The standard InChI is InChI=1S/C24H24N2O2/c27-24(20-14-12-19(13-15-20)18-26-16-6-7-17-26)25-22-10-4-5-11-23(22)28-21-8-2-1-3-9-21/h1-5,8-15H,6-7,16-18H2,(H,25,27). The van der Waals surface area contributed by atoms with Crippen LogP contribution in [0.2, 0.25) is 0 Å². The van der Waals surface area contributed by atoms with Crippen molar-refractivity contribution in [3.63, 3.8) is 0 Å². The van der Waals surface area contributed by atoms with Crippen molar-refractivity contribution in [3.8, 4) is 11.5 Å². The van der Waals surface area contributed by atoms with Gasteiger partial charge in [-0.3, -0.25) is 9.69 Å². The molecule has 0 saturated carbocycles. The zero-order valence-electron chi connectivity index (χ0n) is 15.8. The Hall–Kier alpha value is -3.11. The van der Waals surface area contributed by atoms with E-state index < -0.39 is 0 Å². The number of rotatable bonds is 6. The van der Waals surface area contributed by atoms with Crippen LogP contribution in [0, 0.1) is 0 Å². The fraction of sp³-hybridized carbons (Fsp3) is 0.208. The van der Waals surface area contributed by atoms with Gasteiger partial charge in [0.1, 0.15) is 5.75 Å². The summed E-state index contributed by atoms with van der Waals surface area (Å²) in [5.41, 5.74) is 2.53. The summed E-state index contributed by atoms with van der Waals surface area (Å²) in [6.45, 7) is 3.29. The quantitative estimate of drug-likeness (QED) is 0.636. The van der Waals surface area contributed by atoms with Gasteiger partial charge in [0.2, 0.25) is 0 Å². The summed E-state index contributed by atoms with van der Waals surface area (Å²) < 4.78 is 5.92. The Morgan fingerprint density at radius 3 is 2.29 bits per heavy atom. The van der Waals surface area contributed by atoms with Crippen molar-refractivity contribution in [1.29, 1.82) is 0 Å². The molecule has 4 heteroatoms. The first-order chi connectivity index (χ1) is 13.8. The first kappa shape index (κ1) is 18.3. The van der Waals surface area contributed by atoms with Crippen LogP contribution < -0.4 is 10.1 Å². The summed E-state index contributed by atoms with van der Waals surface area (Å²) in [5.74, 6) is 1.21. The van der Waals surface area contributed by atoms with Gasteiger partial charge in [0.05, 0.1) is 5.69 Å². The molecular formula is C24H24N2O2. The number of nitrogens with one attached hydrogen (secondary N) is 1. The van der Waals surface area contributed by atoms with Crippen molar-refractivity contribution in [3.05, 3.63) is 90.0 Å². The normalized spacial score (nSPS) is 14.0. The molecule has 3 aromatic rings. The van der Waals surface area contributed by atoms with Gasteiger partial charge in [-0.2, -0.15) is 0 Å². The number of carbonyl (C=O) groups is 1. The predicted octanol–water partition coefficient (Wildman–Crippen LogP) is 5.33. The largest absolute Gasteiger partial charge is 0.455 e. The van der Waals surface area contributed by atoms with Crippen LogP contribution in [-0.2, 0) is 6.54 Å². The van der Waals surface area contributed by atoms with Gasteiger partial charge in [0.15, 0.2) is 5.75 Å². The van der Waals surface area contributed by atoms with Crippen molar-refractivity contribution in [1.82, 2.24) is 4.90 Å². The first-order valence-electron chi connectivity index (χ1n) is 9.72.